The number of carbonyl (C=O) groups is 1. The van der Waals surface area contributed by atoms with Crippen LogP contribution in [0.25, 0.3) is 6.08 Å². The molecular weight excluding hydrogens is 548 g/mol. The van der Waals surface area contributed by atoms with Gasteiger partial charge in [0.05, 0.1) is 43.7 Å². The molecule has 8 nitrogen and oxygen atoms in total. The van der Waals surface area contributed by atoms with Gasteiger partial charge in [0.25, 0.3) is 5.56 Å². The van der Waals surface area contributed by atoms with Crippen molar-refractivity contribution in [2.24, 2.45) is 4.99 Å². The summed E-state index contributed by atoms with van der Waals surface area (Å²) in [6.45, 7) is 3.65. The minimum absolute atomic E-state index is 0.185. The molecule has 1 aliphatic heterocycles. The van der Waals surface area contributed by atoms with Crippen LogP contribution in [0.5, 0.6) is 17.2 Å². The molecule has 0 saturated heterocycles. The number of thiazole rings is 1. The number of halogens is 1. The molecule has 2 heterocycles. The molecule has 0 unspecified atom stereocenters. The molecule has 0 spiro atoms. The third kappa shape index (κ3) is 4.70. The van der Waals surface area contributed by atoms with Crippen LogP contribution in [0.4, 0.5) is 0 Å². The first-order valence-electron chi connectivity index (χ1n) is 11.1. The number of rotatable bonds is 7. The minimum Gasteiger partial charge on any atom is -0.497 e. The van der Waals surface area contributed by atoms with Gasteiger partial charge in [0.15, 0.2) is 4.80 Å². The molecular formula is C26H25BrN2O6S. The van der Waals surface area contributed by atoms with Crippen LogP contribution < -0.4 is 29.1 Å². The molecule has 10 heteroatoms. The van der Waals surface area contributed by atoms with Crippen molar-refractivity contribution in [1.82, 2.24) is 4.57 Å². The van der Waals surface area contributed by atoms with Gasteiger partial charge in [-0.3, -0.25) is 9.36 Å². The number of fused-ring (bicyclic) bond motifs is 1. The Morgan fingerprint density at radius 3 is 2.50 bits per heavy atom. The van der Waals surface area contributed by atoms with Crippen LogP contribution >= 0.6 is 27.3 Å². The maximum atomic E-state index is 13.9. The van der Waals surface area contributed by atoms with Crippen LogP contribution in [0.3, 0.4) is 0 Å². The summed E-state index contributed by atoms with van der Waals surface area (Å²) in [7, 11) is 4.66. The molecule has 0 saturated carbocycles. The standard InChI is InChI=1S/C26H25BrN2O6S/c1-6-35-25(31)22-14(2)28-26-29(23(22)18-13-17(32-3)8-10-20(18)34-5)24(30)21(36-26)12-15-11-16(27)7-9-19(15)33-4/h7-13,23H,6H2,1-5H3/b21-12+/t23-/m1/s1. The van der Waals surface area contributed by atoms with Crippen molar-refractivity contribution in [3.63, 3.8) is 0 Å². The predicted octanol–water partition coefficient (Wildman–Crippen LogP) is 3.59. The summed E-state index contributed by atoms with van der Waals surface area (Å²) in [5.74, 6) is 1.14. The quantitative estimate of drug-likeness (QED) is 0.402. The average molecular weight is 573 g/mol. The molecule has 2 aromatic carbocycles. The monoisotopic (exact) mass is 572 g/mol. The fourth-order valence-electron chi connectivity index (χ4n) is 4.10. The van der Waals surface area contributed by atoms with Crippen LogP contribution in [-0.2, 0) is 9.53 Å². The van der Waals surface area contributed by atoms with E-state index < -0.39 is 12.0 Å². The van der Waals surface area contributed by atoms with E-state index in [-0.39, 0.29) is 17.7 Å². The van der Waals surface area contributed by atoms with Gasteiger partial charge in [-0.1, -0.05) is 27.3 Å². The first-order chi connectivity index (χ1) is 17.3. The van der Waals surface area contributed by atoms with Gasteiger partial charge in [-0.05, 0) is 56.3 Å². The first kappa shape index (κ1) is 25.7. The van der Waals surface area contributed by atoms with Gasteiger partial charge in [0, 0.05) is 15.6 Å². The third-order valence-electron chi connectivity index (χ3n) is 5.73. The predicted molar refractivity (Wildman–Crippen MR) is 141 cm³/mol. The molecule has 36 heavy (non-hydrogen) atoms. The zero-order chi connectivity index (χ0) is 26.0. The molecule has 0 aliphatic carbocycles. The minimum atomic E-state index is -0.822. The summed E-state index contributed by atoms with van der Waals surface area (Å²) >= 11 is 4.71. The first-order valence-corrected chi connectivity index (χ1v) is 12.7. The Bertz CT molecular complexity index is 1540. The Kier molecular flexibility index (Phi) is 7.65. The lowest BCUT2D eigenvalue weighted by Gasteiger charge is -2.26. The number of aromatic nitrogens is 1. The normalized spacial score (nSPS) is 15.3. The van der Waals surface area contributed by atoms with Crippen LogP contribution in [0.15, 0.2) is 61.9 Å². The van der Waals surface area contributed by atoms with Crippen molar-refractivity contribution >= 4 is 39.3 Å². The van der Waals surface area contributed by atoms with E-state index in [1.54, 1.807) is 52.3 Å². The van der Waals surface area contributed by atoms with E-state index in [2.05, 4.69) is 20.9 Å². The Morgan fingerprint density at radius 2 is 1.83 bits per heavy atom. The molecule has 188 valence electrons. The molecule has 1 atom stereocenters. The maximum Gasteiger partial charge on any atom is 0.338 e. The van der Waals surface area contributed by atoms with Crippen LogP contribution in [0.1, 0.15) is 31.0 Å². The third-order valence-corrected chi connectivity index (χ3v) is 7.20. The van der Waals surface area contributed by atoms with Crippen LogP contribution in [-0.4, -0.2) is 38.5 Å². The van der Waals surface area contributed by atoms with Gasteiger partial charge >= 0.3 is 5.97 Å². The molecule has 1 aromatic heterocycles. The molecule has 0 fully saturated rings. The van der Waals surface area contributed by atoms with E-state index in [0.717, 1.165) is 10.0 Å². The summed E-state index contributed by atoms with van der Waals surface area (Å²) in [5, 5.41) is 0. The largest absolute Gasteiger partial charge is 0.497 e. The van der Waals surface area contributed by atoms with Crippen molar-refractivity contribution in [3.8, 4) is 17.2 Å². The Balaban J connectivity index is 2.03. The number of allylic oxidation sites excluding steroid dienone is 1. The van der Waals surface area contributed by atoms with Crippen molar-refractivity contribution in [1.29, 1.82) is 0 Å². The average Bonchev–Trinajstić information content (AvgIpc) is 3.17. The molecule has 0 radical (unpaired) electrons. The highest BCUT2D eigenvalue weighted by Gasteiger charge is 2.35. The van der Waals surface area contributed by atoms with E-state index >= 15 is 0 Å². The smallest absolute Gasteiger partial charge is 0.338 e. The Hall–Kier alpha value is -3.37. The number of carbonyl (C=O) groups excluding carboxylic acids is 1. The summed E-state index contributed by atoms with van der Waals surface area (Å²) in [6, 6.07) is 9.99. The second-order valence-electron chi connectivity index (χ2n) is 7.80. The van der Waals surface area contributed by atoms with Crippen molar-refractivity contribution in [2.75, 3.05) is 27.9 Å². The Labute approximate surface area is 220 Å². The molecule has 0 N–H and O–H groups in total. The number of hydrogen-bond donors (Lipinski definition) is 0. The van der Waals surface area contributed by atoms with E-state index in [4.69, 9.17) is 18.9 Å². The molecule has 3 aromatic rings. The summed E-state index contributed by atoms with van der Waals surface area (Å²) in [5.41, 5.74) is 1.75. The van der Waals surface area contributed by atoms with E-state index in [9.17, 15) is 9.59 Å². The van der Waals surface area contributed by atoms with Crippen LogP contribution in [0, 0.1) is 0 Å². The second kappa shape index (κ2) is 10.7. The fourth-order valence-corrected chi connectivity index (χ4v) is 5.51. The summed E-state index contributed by atoms with van der Waals surface area (Å²) in [6.07, 6.45) is 1.76. The maximum absolute atomic E-state index is 13.9. The topological polar surface area (TPSA) is 88.4 Å². The van der Waals surface area contributed by atoms with Crippen molar-refractivity contribution in [3.05, 3.63) is 83.0 Å². The van der Waals surface area contributed by atoms with Crippen LogP contribution in [0.2, 0.25) is 0 Å². The SMILES string of the molecule is CCOC(=O)C1=C(C)N=c2s/c(=C/c3cc(Br)ccc3OC)c(=O)n2[C@@H]1c1cc(OC)ccc1OC. The van der Waals surface area contributed by atoms with Gasteiger partial charge in [0.1, 0.15) is 23.3 Å². The molecule has 1 aliphatic rings. The highest BCUT2D eigenvalue weighted by Crippen LogP contribution is 2.37. The highest BCUT2D eigenvalue weighted by molar-refractivity contribution is 9.10. The number of benzene rings is 2. The van der Waals surface area contributed by atoms with Crippen molar-refractivity contribution < 1.29 is 23.7 Å². The van der Waals surface area contributed by atoms with Gasteiger partial charge < -0.3 is 18.9 Å². The zero-order valence-electron chi connectivity index (χ0n) is 20.5. The van der Waals surface area contributed by atoms with E-state index in [1.807, 2.05) is 18.2 Å². The molecule has 0 amide bonds. The Morgan fingerprint density at radius 1 is 1.11 bits per heavy atom. The number of methoxy groups -OCH3 is 3. The number of ether oxygens (including phenoxy) is 4. The molecule has 0 bridgehead atoms. The number of nitrogens with zero attached hydrogens (tertiary/aromatic N) is 2. The zero-order valence-corrected chi connectivity index (χ0v) is 22.9. The number of hydrogen-bond acceptors (Lipinski definition) is 8. The van der Waals surface area contributed by atoms with Gasteiger partial charge in [-0.15, -0.1) is 0 Å². The lowest BCUT2D eigenvalue weighted by atomic mass is 9.94. The highest BCUT2D eigenvalue weighted by atomic mass is 79.9. The lowest BCUT2D eigenvalue weighted by Crippen LogP contribution is -2.40. The second-order valence-corrected chi connectivity index (χ2v) is 9.72. The van der Waals surface area contributed by atoms with E-state index in [0.29, 0.717) is 37.8 Å². The fraction of sp³-hybridized carbons (Fsp3) is 0.269. The summed E-state index contributed by atoms with van der Waals surface area (Å²) in [4.78, 5) is 32.1. The van der Waals surface area contributed by atoms with Gasteiger partial charge in [-0.2, -0.15) is 0 Å². The van der Waals surface area contributed by atoms with Crippen molar-refractivity contribution in [2.45, 2.75) is 19.9 Å². The molecule has 4 rings (SSSR count). The van der Waals surface area contributed by atoms with Gasteiger partial charge in [0.2, 0.25) is 0 Å². The lowest BCUT2D eigenvalue weighted by molar-refractivity contribution is -0.139. The van der Waals surface area contributed by atoms with E-state index in [1.165, 1.54) is 23.0 Å². The van der Waals surface area contributed by atoms with Gasteiger partial charge in [-0.25, -0.2) is 9.79 Å². The summed E-state index contributed by atoms with van der Waals surface area (Å²) < 4.78 is 24.7. The number of esters is 1.